The Morgan fingerprint density at radius 3 is 2.70 bits per heavy atom. The Morgan fingerprint density at radius 2 is 2.04 bits per heavy atom. The van der Waals surface area contributed by atoms with Gasteiger partial charge in [-0.25, -0.2) is 4.98 Å². The first kappa shape index (κ1) is 20.7. The smallest absolute Gasteiger partial charge is 0.222 e. The number of hydrogen-bond donors (Lipinski definition) is 3. The molecule has 8 heteroatoms. The van der Waals surface area contributed by atoms with Crippen LogP contribution in [0.25, 0.3) is 0 Å². The van der Waals surface area contributed by atoms with Crippen LogP contribution < -0.4 is 20.5 Å². The Labute approximate surface area is 160 Å². The van der Waals surface area contributed by atoms with Crippen LogP contribution in [0.2, 0.25) is 0 Å². The topological polar surface area (TPSA) is 115 Å². The van der Waals surface area contributed by atoms with Crippen LogP contribution >= 0.6 is 0 Å². The van der Waals surface area contributed by atoms with Gasteiger partial charge in [0, 0.05) is 17.3 Å². The van der Waals surface area contributed by atoms with Gasteiger partial charge in [0.2, 0.25) is 5.95 Å². The summed E-state index contributed by atoms with van der Waals surface area (Å²) in [6.45, 7) is 6.24. The lowest BCUT2D eigenvalue weighted by Gasteiger charge is -2.19. The zero-order valence-corrected chi connectivity index (χ0v) is 16.5. The van der Waals surface area contributed by atoms with Crippen molar-refractivity contribution < 1.29 is 14.6 Å². The number of rotatable bonds is 10. The third-order valence-corrected chi connectivity index (χ3v) is 4.36. The van der Waals surface area contributed by atoms with E-state index in [1.165, 1.54) is 6.20 Å². The molecule has 2 rings (SSSR count). The summed E-state index contributed by atoms with van der Waals surface area (Å²) in [7, 11) is 1.64. The van der Waals surface area contributed by atoms with Crippen LogP contribution in [0, 0.1) is 13.8 Å². The highest BCUT2D eigenvalue weighted by Crippen LogP contribution is 2.27. The molecule has 0 spiro atoms. The molecule has 8 nitrogen and oxygen atoms in total. The van der Waals surface area contributed by atoms with Crippen molar-refractivity contribution in [2.24, 2.45) is 0 Å². The number of unbranched alkanes of at least 4 members (excludes halogenated alkanes) is 1. The summed E-state index contributed by atoms with van der Waals surface area (Å²) in [6.07, 6.45) is 6.16. The first-order valence-electron chi connectivity index (χ1n) is 9.11. The number of hydrogen-bond acceptors (Lipinski definition) is 8. The minimum absolute atomic E-state index is 0.000821. The largest absolute Gasteiger partial charge is 0.496 e. The molecular weight excluding hydrogens is 346 g/mol. The molecule has 148 valence electrons. The fraction of sp³-hybridized carbons (Fsp3) is 0.526. The van der Waals surface area contributed by atoms with Gasteiger partial charge in [-0.1, -0.05) is 19.8 Å². The lowest BCUT2D eigenvalue weighted by molar-refractivity contribution is 0.265. The van der Waals surface area contributed by atoms with E-state index in [0.29, 0.717) is 11.6 Å². The summed E-state index contributed by atoms with van der Waals surface area (Å²) >= 11 is 0. The number of nitrogens with zero attached hydrogens (tertiary/aromatic N) is 3. The molecule has 0 saturated heterocycles. The van der Waals surface area contributed by atoms with Crippen LogP contribution in [0.4, 0.5) is 11.8 Å². The number of nitrogens with one attached hydrogen (secondary N) is 1. The highest BCUT2D eigenvalue weighted by atomic mass is 16.5. The predicted molar refractivity (Wildman–Crippen MR) is 105 cm³/mol. The Balaban J connectivity index is 2.17. The van der Waals surface area contributed by atoms with Gasteiger partial charge in [-0.15, -0.1) is 0 Å². The molecule has 0 aliphatic rings. The van der Waals surface area contributed by atoms with Gasteiger partial charge in [0.25, 0.3) is 0 Å². The summed E-state index contributed by atoms with van der Waals surface area (Å²) in [5, 5.41) is 12.8. The summed E-state index contributed by atoms with van der Waals surface area (Å²) < 4.78 is 11.3. The molecule has 0 unspecified atom stereocenters. The number of aliphatic hydroxyl groups is 1. The first-order valence-corrected chi connectivity index (χ1v) is 9.11. The fourth-order valence-electron chi connectivity index (χ4n) is 2.81. The van der Waals surface area contributed by atoms with Gasteiger partial charge < -0.3 is 25.6 Å². The molecule has 0 bridgehead atoms. The van der Waals surface area contributed by atoms with Crippen molar-refractivity contribution in [1.29, 1.82) is 0 Å². The molecular formula is C19H29N5O3. The maximum atomic E-state index is 9.60. The van der Waals surface area contributed by atoms with Crippen molar-refractivity contribution in [3.63, 3.8) is 0 Å². The third kappa shape index (κ3) is 5.43. The molecule has 0 fully saturated rings. The summed E-state index contributed by atoms with van der Waals surface area (Å²) in [5.74, 6) is 1.87. The maximum absolute atomic E-state index is 9.60. The predicted octanol–water partition coefficient (Wildman–Crippen LogP) is 2.62. The summed E-state index contributed by atoms with van der Waals surface area (Å²) in [4.78, 5) is 12.7. The molecule has 1 atom stereocenters. The fourth-order valence-corrected chi connectivity index (χ4v) is 2.81. The average Bonchev–Trinajstić information content (AvgIpc) is 2.66. The molecule has 4 N–H and O–H groups in total. The number of aryl methyl sites for hydroxylation is 1. The number of aliphatic hydroxyl groups excluding tert-OH is 1. The number of nitrogen functional groups attached to an aromatic ring is 1. The van der Waals surface area contributed by atoms with Crippen LogP contribution in [-0.2, 0) is 6.61 Å². The highest BCUT2D eigenvalue weighted by molar-refractivity contribution is 5.52. The van der Waals surface area contributed by atoms with E-state index in [0.717, 1.165) is 41.8 Å². The van der Waals surface area contributed by atoms with Crippen molar-refractivity contribution >= 4 is 11.8 Å². The number of pyridine rings is 1. The SMILES string of the molecule is CCCC[C@@H](CO)Nc1nc(N)ncc1OCc1ncc(C)c(OC)c1C. The molecule has 2 heterocycles. The van der Waals surface area contributed by atoms with Crippen molar-refractivity contribution in [3.8, 4) is 11.5 Å². The highest BCUT2D eigenvalue weighted by Gasteiger charge is 2.15. The second-order valence-electron chi connectivity index (χ2n) is 6.44. The third-order valence-electron chi connectivity index (χ3n) is 4.36. The Kier molecular flexibility index (Phi) is 7.60. The standard InChI is InChI=1S/C19H29N5O3/c1-5-6-7-14(10-25)23-18-16(9-22-19(20)24-18)27-11-15-13(3)17(26-4)12(2)8-21-15/h8-9,14,25H,5-7,10-11H2,1-4H3,(H3,20,22,23,24)/t14-/m0/s1. The van der Waals surface area contributed by atoms with Crippen LogP contribution in [0.15, 0.2) is 12.4 Å². The maximum Gasteiger partial charge on any atom is 0.222 e. The van der Waals surface area contributed by atoms with Crippen LogP contribution in [0.1, 0.15) is 43.0 Å². The van der Waals surface area contributed by atoms with Crippen molar-refractivity contribution in [2.45, 2.75) is 52.7 Å². The molecule has 0 radical (unpaired) electrons. The molecule has 2 aromatic rings. The van der Waals surface area contributed by atoms with E-state index < -0.39 is 0 Å². The van der Waals surface area contributed by atoms with Gasteiger partial charge in [0.15, 0.2) is 11.6 Å². The van der Waals surface area contributed by atoms with Crippen LogP contribution in [-0.4, -0.2) is 39.8 Å². The van der Waals surface area contributed by atoms with Crippen molar-refractivity contribution in [3.05, 3.63) is 29.2 Å². The number of nitrogens with two attached hydrogens (primary N) is 1. The van der Waals surface area contributed by atoms with Crippen LogP contribution in [0.3, 0.4) is 0 Å². The lowest BCUT2D eigenvalue weighted by Crippen LogP contribution is -2.25. The average molecular weight is 375 g/mol. The monoisotopic (exact) mass is 375 g/mol. The second kappa shape index (κ2) is 9.91. The van der Waals surface area contributed by atoms with Gasteiger partial charge in [-0.3, -0.25) is 4.98 Å². The molecule has 0 aliphatic heterocycles. The minimum Gasteiger partial charge on any atom is -0.496 e. The van der Waals surface area contributed by atoms with Crippen LogP contribution in [0.5, 0.6) is 11.5 Å². The number of ether oxygens (including phenoxy) is 2. The van der Waals surface area contributed by atoms with E-state index in [1.807, 2.05) is 13.8 Å². The molecule has 0 aliphatic carbocycles. The molecule has 0 aromatic carbocycles. The Morgan fingerprint density at radius 1 is 1.26 bits per heavy atom. The Bertz CT molecular complexity index is 754. The van der Waals surface area contributed by atoms with E-state index in [1.54, 1.807) is 13.3 Å². The number of aromatic nitrogens is 3. The van der Waals surface area contributed by atoms with Crippen molar-refractivity contribution in [2.75, 3.05) is 24.8 Å². The van der Waals surface area contributed by atoms with Gasteiger partial charge in [-0.2, -0.15) is 4.98 Å². The van der Waals surface area contributed by atoms with E-state index >= 15 is 0 Å². The molecule has 0 amide bonds. The summed E-state index contributed by atoms with van der Waals surface area (Å²) in [6, 6.07) is -0.124. The summed E-state index contributed by atoms with van der Waals surface area (Å²) in [5.41, 5.74) is 8.39. The van der Waals surface area contributed by atoms with Gasteiger partial charge in [0.1, 0.15) is 12.4 Å². The first-order chi connectivity index (χ1) is 13.0. The van der Waals surface area contributed by atoms with Crippen molar-refractivity contribution in [1.82, 2.24) is 15.0 Å². The van der Waals surface area contributed by atoms with E-state index in [-0.39, 0.29) is 25.2 Å². The van der Waals surface area contributed by atoms with Gasteiger partial charge >= 0.3 is 0 Å². The number of anilines is 2. The lowest BCUT2D eigenvalue weighted by atomic mass is 10.1. The van der Waals surface area contributed by atoms with Gasteiger partial charge in [-0.05, 0) is 20.3 Å². The van der Waals surface area contributed by atoms with Gasteiger partial charge in [0.05, 0.1) is 31.6 Å². The number of methoxy groups -OCH3 is 1. The molecule has 2 aromatic heterocycles. The Hall–Kier alpha value is -2.61. The van der Waals surface area contributed by atoms with E-state index in [2.05, 4.69) is 27.2 Å². The van der Waals surface area contributed by atoms with E-state index in [4.69, 9.17) is 15.2 Å². The molecule has 27 heavy (non-hydrogen) atoms. The quantitative estimate of drug-likeness (QED) is 0.580. The normalized spacial score (nSPS) is 11.9. The minimum atomic E-state index is -0.124. The second-order valence-corrected chi connectivity index (χ2v) is 6.44. The zero-order valence-electron chi connectivity index (χ0n) is 16.5. The zero-order chi connectivity index (χ0) is 19.8. The van der Waals surface area contributed by atoms with E-state index in [9.17, 15) is 5.11 Å². The molecule has 0 saturated carbocycles.